The first-order valence-electron chi connectivity index (χ1n) is 6.90. The Balaban J connectivity index is 2.50. The summed E-state index contributed by atoms with van der Waals surface area (Å²) in [5.74, 6) is 1.20. The molecule has 0 saturated carbocycles. The lowest BCUT2D eigenvalue weighted by Crippen LogP contribution is -2.37. The van der Waals surface area contributed by atoms with Crippen LogP contribution < -0.4 is 5.32 Å². The zero-order valence-corrected chi connectivity index (χ0v) is 12.9. The van der Waals surface area contributed by atoms with Gasteiger partial charge in [-0.3, -0.25) is 4.99 Å². The van der Waals surface area contributed by atoms with Gasteiger partial charge in [0.2, 0.25) is 0 Å². The molecule has 1 aliphatic rings. The first-order chi connectivity index (χ1) is 7.93. The normalized spacial score (nSPS) is 23.1. The van der Waals surface area contributed by atoms with Gasteiger partial charge < -0.3 is 5.32 Å². The minimum absolute atomic E-state index is 0.292. The Morgan fingerprint density at radius 1 is 1.47 bits per heavy atom. The molecule has 1 N–H and O–H groups in total. The van der Waals surface area contributed by atoms with Crippen LogP contribution in [0.1, 0.15) is 60.3 Å². The maximum absolute atomic E-state index is 4.87. The highest BCUT2D eigenvalue weighted by molar-refractivity contribution is 8.13. The zero-order chi connectivity index (χ0) is 12.9. The number of nitrogens with zero attached hydrogens (tertiary/aromatic N) is 1. The molecule has 0 amide bonds. The molecule has 0 fully saturated rings. The summed E-state index contributed by atoms with van der Waals surface area (Å²) in [5, 5.41) is 4.74. The molecule has 100 valence electrons. The number of thioether (sulfide) groups is 1. The van der Waals surface area contributed by atoms with E-state index >= 15 is 0 Å². The molecule has 2 nitrogen and oxygen atoms in total. The Morgan fingerprint density at radius 2 is 2.18 bits per heavy atom. The van der Waals surface area contributed by atoms with E-state index in [1.807, 2.05) is 11.8 Å². The van der Waals surface area contributed by atoms with Crippen molar-refractivity contribution in [3.63, 3.8) is 0 Å². The second-order valence-corrected chi connectivity index (χ2v) is 7.22. The third kappa shape index (κ3) is 5.33. The summed E-state index contributed by atoms with van der Waals surface area (Å²) in [6.07, 6.45) is 5.03. The van der Waals surface area contributed by atoms with Gasteiger partial charge in [0.05, 0.1) is 6.04 Å². The van der Waals surface area contributed by atoms with Crippen LogP contribution in [0.3, 0.4) is 0 Å². The van der Waals surface area contributed by atoms with Crippen LogP contribution in [0.5, 0.6) is 0 Å². The first kappa shape index (κ1) is 14.9. The molecule has 1 aliphatic heterocycles. The van der Waals surface area contributed by atoms with Crippen LogP contribution in [0.25, 0.3) is 0 Å². The van der Waals surface area contributed by atoms with Gasteiger partial charge >= 0.3 is 0 Å². The van der Waals surface area contributed by atoms with Crippen LogP contribution in [-0.4, -0.2) is 23.0 Å². The van der Waals surface area contributed by atoms with Crippen LogP contribution >= 0.6 is 11.8 Å². The van der Waals surface area contributed by atoms with E-state index in [1.54, 1.807) is 0 Å². The Hall–Kier alpha value is -0.180. The van der Waals surface area contributed by atoms with Crippen LogP contribution in [0.15, 0.2) is 4.99 Å². The van der Waals surface area contributed by atoms with E-state index in [4.69, 9.17) is 4.99 Å². The number of aliphatic imine (C=N–C) groups is 1. The molecule has 1 heterocycles. The fraction of sp³-hybridized carbons (Fsp3) is 0.929. The van der Waals surface area contributed by atoms with E-state index in [-0.39, 0.29) is 0 Å². The van der Waals surface area contributed by atoms with Crippen molar-refractivity contribution >= 4 is 16.9 Å². The Morgan fingerprint density at radius 3 is 2.76 bits per heavy atom. The molecule has 2 unspecified atom stereocenters. The standard InChI is InChI=1S/C14H28N2S/c1-6-7-8-11(2)15-13-16-12(9-10-17-13)14(3,4)5/h11-12H,6-10H2,1-5H3,(H,15,16). The highest BCUT2D eigenvalue weighted by Crippen LogP contribution is 2.30. The highest BCUT2D eigenvalue weighted by atomic mass is 32.2. The van der Waals surface area contributed by atoms with Gasteiger partial charge in [-0.05, 0) is 25.2 Å². The zero-order valence-electron chi connectivity index (χ0n) is 12.0. The van der Waals surface area contributed by atoms with E-state index in [0.29, 0.717) is 17.5 Å². The molecule has 0 aromatic carbocycles. The van der Waals surface area contributed by atoms with Gasteiger partial charge in [0.1, 0.15) is 0 Å². The van der Waals surface area contributed by atoms with Crippen molar-refractivity contribution < 1.29 is 0 Å². The van der Waals surface area contributed by atoms with Crippen molar-refractivity contribution in [1.82, 2.24) is 5.32 Å². The molecule has 1 rings (SSSR count). The second kappa shape index (κ2) is 6.67. The van der Waals surface area contributed by atoms with E-state index in [2.05, 4.69) is 39.9 Å². The minimum atomic E-state index is 0.292. The summed E-state index contributed by atoms with van der Waals surface area (Å²) in [4.78, 5) is 4.87. The van der Waals surface area contributed by atoms with E-state index in [9.17, 15) is 0 Å². The monoisotopic (exact) mass is 256 g/mol. The number of hydrogen-bond donors (Lipinski definition) is 1. The van der Waals surface area contributed by atoms with Crippen molar-refractivity contribution in [2.24, 2.45) is 10.4 Å². The molecule has 3 heteroatoms. The Labute approximate surface area is 111 Å². The minimum Gasteiger partial charge on any atom is -0.362 e. The highest BCUT2D eigenvalue weighted by Gasteiger charge is 2.27. The molecular weight excluding hydrogens is 228 g/mol. The summed E-state index contributed by atoms with van der Waals surface area (Å²) in [6.45, 7) is 11.4. The Bertz CT molecular complexity index is 255. The first-order valence-corrected chi connectivity index (χ1v) is 7.89. The molecule has 0 bridgehead atoms. The SMILES string of the molecule is CCCCC(C)NC1=NC(C(C)(C)C)CCS1. The van der Waals surface area contributed by atoms with Gasteiger partial charge in [0.25, 0.3) is 0 Å². The smallest absolute Gasteiger partial charge is 0.157 e. The van der Waals surface area contributed by atoms with Gasteiger partial charge in [-0.25, -0.2) is 0 Å². The molecular formula is C14H28N2S. The van der Waals surface area contributed by atoms with Crippen molar-refractivity contribution in [1.29, 1.82) is 0 Å². The van der Waals surface area contributed by atoms with Crippen LogP contribution in [0, 0.1) is 5.41 Å². The van der Waals surface area contributed by atoms with Crippen molar-refractivity contribution in [2.45, 2.75) is 72.4 Å². The maximum Gasteiger partial charge on any atom is 0.157 e. The van der Waals surface area contributed by atoms with Crippen molar-refractivity contribution in [3.8, 4) is 0 Å². The van der Waals surface area contributed by atoms with Gasteiger partial charge in [0, 0.05) is 11.8 Å². The fourth-order valence-electron chi connectivity index (χ4n) is 2.01. The van der Waals surface area contributed by atoms with E-state index in [1.165, 1.54) is 36.6 Å². The molecule has 17 heavy (non-hydrogen) atoms. The molecule has 0 saturated heterocycles. The summed E-state index contributed by atoms with van der Waals surface area (Å²) < 4.78 is 0. The number of hydrogen-bond acceptors (Lipinski definition) is 3. The van der Waals surface area contributed by atoms with Crippen LogP contribution in [0.4, 0.5) is 0 Å². The quantitative estimate of drug-likeness (QED) is 0.820. The molecule has 0 aromatic rings. The summed E-state index contributed by atoms with van der Waals surface area (Å²) in [6, 6.07) is 1.03. The lowest BCUT2D eigenvalue weighted by Gasteiger charge is -2.31. The van der Waals surface area contributed by atoms with Gasteiger partial charge in [-0.15, -0.1) is 0 Å². The molecule has 0 spiro atoms. The number of rotatable bonds is 4. The topological polar surface area (TPSA) is 24.4 Å². The third-order valence-corrected chi connectivity index (χ3v) is 4.20. The molecule has 0 aromatic heterocycles. The number of nitrogens with one attached hydrogen (secondary N) is 1. The Kier molecular flexibility index (Phi) is 5.84. The van der Waals surface area contributed by atoms with Gasteiger partial charge in [-0.1, -0.05) is 52.3 Å². The summed E-state index contributed by atoms with van der Waals surface area (Å²) in [7, 11) is 0. The molecule has 2 atom stereocenters. The number of unbranched alkanes of at least 4 members (excludes halogenated alkanes) is 1. The average Bonchev–Trinajstić information content (AvgIpc) is 2.25. The predicted octanol–water partition coefficient (Wildman–Crippen LogP) is 4.06. The van der Waals surface area contributed by atoms with Crippen molar-refractivity contribution in [2.75, 3.05) is 5.75 Å². The average molecular weight is 256 g/mol. The van der Waals surface area contributed by atoms with Crippen LogP contribution in [-0.2, 0) is 0 Å². The predicted molar refractivity (Wildman–Crippen MR) is 79.9 cm³/mol. The lowest BCUT2D eigenvalue weighted by molar-refractivity contribution is 0.315. The maximum atomic E-state index is 4.87. The van der Waals surface area contributed by atoms with E-state index < -0.39 is 0 Å². The number of amidine groups is 1. The second-order valence-electron chi connectivity index (χ2n) is 6.14. The third-order valence-electron chi connectivity index (χ3n) is 3.26. The fourth-order valence-corrected chi connectivity index (χ4v) is 3.03. The van der Waals surface area contributed by atoms with Gasteiger partial charge in [-0.2, -0.15) is 0 Å². The van der Waals surface area contributed by atoms with Gasteiger partial charge in [0.15, 0.2) is 5.17 Å². The summed E-state index contributed by atoms with van der Waals surface area (Å²) in [5.41, 5.74) is 0.292. The van der Waals surface area contributed by atoms with E-state index in [0.717, 1.165) is 0 Å². The molecule has 0 aliphatic carbocycles. The summed E-state index contributed by atoms with van der Waals surface area (Å²) >= 11 is 1.88. The van der Waals surface area contributed by atoms with Crippen molar-refractivity contribution in [3.05, 3.63) is 0 Å². The molecule has 0 radical (unpaired) electrons. The largest absolute Gasteiger partial charge is 0.362 e. The lowest BCUT2D eigenvalue weighted by atomic mass is 9.85. The van der Waals surface area contributed by atoms with Crippen LogP contribution in [0.2, 0.25) is 0 Å².